The van der Waals surface area contributed by atoms with Crippen molar-refractivity contribution in [1.82, 2.24) is 14.9 Å². The number of piperidine rings is 1. The highest BCUT2D eigenvalue weighted by Crippen LogP contribution is 2.18. The van der Waals surface area contributed by atoms with Crippen LogP contribution in [0.15, 0.2) is 29.1 Å². The summed E-state index contributed by atoms with van der Waals surface area (Å²) in [5, 5.41) is 10.3. The molecule has 1 fully saturated rings. The van der Waals surface area contributed by atoms with Gasteiger partial charge in [0.25, 0.3) is 11.5 Å². The smallest absolute Gasteiger partial charge is 0.289 e. The van der Waals surface area contributed by atoms with E-state index >= 15 is 0 Å². The number of hydrogen-bond acceptors (Lipinski definition) is 4. The molecule has 0 aliphatic carbocycles. The predicted octanol–water partition coefficient (Wildman–Crippen LogP) is 0.766. The number of carbonyl (C=O) groups excluding carboxylic acids is 1. The second kappa shape index (κ2) is 5.29. The lowest BCUT2D eigenvalue weighted by molar-refractivity contribution is 0.0241. The van der Waals surface area contributed by atoms with Crippen molar-refractivity contribution in [2.45, 2.75) is 19.4 Å². The summed E-state index contributed by atoms with van der Waals surface area (Å²) in [6.07, 6.45) is 0.208. The zero-order valence-electron chi connectivity index (χ0n) is 11.7. The van der Waals surface area contributed by atoms with Gasteiger partial charge in [-0.2, -0.15) is 0 Å². The summed E-state index contributed by atoms with van der Waals surface area (Å²) in [5.74, 6) is -0.137. The van der Waals surface area contributed by atoms with Crippen LogP contribution in [-0.2, 0) is 0 Å². The molecule has 6 heteroatoms. The second-order valence-corrected chi connectivity index (χ2v) is 5.52. The van der Waals surface area contributed by atoms with E-state index in [1.165, 1.54) is 4.90 Å². The molecule has 2 aromatic rings. The van der Waals surface area contributed by atoms with Crippen LogP contribution < -0.4 is 5.56 Å². The summed E-state index contributed by atoms with van der Waals surface area (Å²) in [5.41, 5.74) is 0.172. The van der Waals surface area contributed by atoms with Gasteiger partial charge in [-0.1, -0.05) is 19.1 Å². The van der Waals surface area contributed by atoms with E-state index in [9.17, 15) is 14.7 Å². The maximum atomic E-state index is 12.4. The average molecular weight is 287 g/mol. The molecule has 0 radical (unpaired) electrons. The summed E-state index contributed by atoms with van der Waals surface area (Å²) in [7, 11) is 0. The number of rotatable bonds is 1. The molecule has 0 spiro atoms. The van der Waals surface area contributed by atoms with Gasteiger partial charge < -0.3 is 15.0 Å². The number of likely N-dealkylation sites (tertiary alicyclic amines) is 1. The van der Waals surface area contributed by atoms with E-state index in [1.807, 2.05) is 6.92 Å². The van der Waals surface area contributed by atoms with Gasteiger partial charge in [0.15, 0.2) is 5.82 Å². The maximum Gasteiger partial charge on any atom is 0.289 e. The number of aromatic nitrogens is 2. The van der Waals surface area contributed by atoms with Gasteiger partial charge in [-0.15, -0.1) is 0 Å². The highest BCUT2D eigenvalue weighted by molar-refractivity contribution is 5.92. The topological polar surface area (TPSA) is 86.3 Å². The minimum Gasteiger partial charge on any atom is -0.391 e. The molecule has 0 bridgehead atoms. The van der Waals surface area contributed by atoms with Crippen molar-refractivity contribution >= 4 is 16.8 Å². The van der Waals surface area contributed by atoms with Crippen LogP contribution in [0.3, 0.4) is 0 Å². The molecule has 6 nitrogen and oxygen atoms in total. The Morgan fingerprint density at radius 1 is 1.43 bits per heavy atom. The van der Waals surface area contributed by atoms with Crippen molar-refractivity contribution in [1.29, 1.82) is 0 Å². The van der Waals surface area contributed by atoms with Crippen molar-refractivity contribution in [2.75, 3.05) is 13.1 Å². The summed E-state index contributed by atoms with van der Waals surface area (Å²) in [6, 6.07) is 6.90. The van der Waals surface area contributed by atoms with Gasteiger partial charge in [0.1, 0.15) is 0 Å². The van der Waals surface area contributed by atoms with Gasteiger partial charge >= 0.3 is 0 Å². The Bertz CT molecular complexity index is 740. The van der Waals surface area contributed by atoms with Crippen LogP contribution in [0.5, 0.6) is 0 Å². The highest BCUT2D eigenvalue weighted by Gasteiger charge is 2.29. The number of fused-ring (bicyclic) bond motifs is 1. The summed E-state index contributed by atoms with van der Waals surface area (Å²) < 4.78 is 0. The lowest BCUT2D eigenvalue weighted by Gasteiger charge is -2.33. The first-order valence-corrected chi connectivity index (χ1v) is 7.02. The number of para-hydroxylation sites is 1. The first-order valence-electron chi connectivity index (χ1n) is 7.02. The summed E-state index contributed by atoms with van der Waals surface area (Å²) in [4.78, 5) is 32.7. The van der Waals surface area contributed by atoms with E-state index < -0.39 is 6.10 Å². The number of nitrogens with zero attached hydrogens (tertiary/aromatic N) is 2. The Labute approximate surface area is 121 Å². The molecule has 21 heavy (non-hydrogen) atoms. The highest BCUT2D eigenvalue weighted by atomic mass is 16.3. The third-order valence-corrected chi connectivity index (χ3v) is 4.02. The number of amides is 1. The molecule has 2 heterocycles. The van der Waals surface area contributed by atoms with Gasteiger partial charge in [0.05, 0.1) is 17.0 Å². The number of β-amino-alcohol motifs (C(OH)–C–C–N with tert-alkyl or cyclic N) is 1. The molecule has 110 valence electrons. The van der Waals surface area contributed by atoms with E-state index in [0.717, 1.165) is 6.42 Å². The first-order chi connectivity index (χ1) is 10.1. The normalized spacial score (nSPS) is 22.5. The van der Waals surface area contributed by atoms with E-state index in [1.54, 1.807) is 24.3 Å². The molecular weight excluding hydrogens is 270 g/mol. The number of aliphatic hydroxyl groups is 1. The molecule has 1 aliphatic heterocycles. The van der Waals surface area contributed by atoms with Crippen LogP contribution in [-0.4, -0.2) is 45.1 Å². The number of aliphatic hydroxyl groups excluding tert-OH is 1. The Morgan fingerprint density at radius 3 is 2.95 bits per heavy atom. The van der Waals surface area contributed by atoms with Gasteiger partial charge in [-0.05, 0) is 24.5 Å². The van der Waals surface area contributed by atoms with E-state index in [4.69, 9.17) is 0 Å². The maximum absolute atomic E-state index is 12.4. The van der Waals surface area contributed by atoms with Gasteiger partial charge in [-0.3, -0.25) is 9.59 Å². The first kappa shape index (κ1) is 13.8. The molecule has 2 atom stereocenters. The largest absolute Gasteiger partial charge is 0.391 e. The van der Waals surface area contributed by atoms with Crippen molar-refractivity contribution in [3.63, 3.8) is 0 Å². The Morgan fingerprint density at radius 2 is 2.19 bits per heavy atom. The third kappa shape index (κ3) is 2.54. The average Bonchev–Trinajstić information content (AvgIpc) is 2.49. The third-order valence-electron chi connectivity index (χ3n) is 4.02. The van der Waals surface area contributed by atoms with Gasteiger partial charge in [0, 0.05) is 13.1 Å². The fraction of sp³-hybridized carbons (Fsp3) is 0.400. The fourth-order valence-corrected chi connectivity index (χ4v) is 2.57. The molecule has 3 rings (SSSR count). The van der Waals surface area contributed by atoms with Crippen LogP contribution in [0.25, 0.3) is 10.9 Å². The molecule has 2 N–H and O–H groups in total. The quantitative estimate of drug-likeness (QED) is 0.811. The van der Waals surface area contributed by atoms with E-state index in [-0.39, 0.29) is 29.8 Å². The number of H-pyrrole nitrogens is 1. The lowest BCUT2D eigenvalue weighted by Crippen LogP contribution is -2.46. The summed E-state index contributed by atoms with van der Waals surface area (Å²) in [6.45, 7) is 2.80. The van der Waals surface area contributed by atoms with Gasteiger partial charge in [0.2, 0.25) is 0 Å². The number of nitrogens with one attached hydrogen (secondary N) is 1. The SMILES string of the molecule is CC1CCN(C(=O)c2nc3ccccc3c(=O)[nH]2)CC1O. The van der Waals surface area contributed by atoms with Crippen LogP contribution in [0, 0.1) is 5.92 Å². The lowest BCUT2D eigenvalue weighted by atomic mass is 9.96. The molecule has 2 unspecified atom stereocenters. The molecule has 1 aromatic heterocycles. The van der Waals surface area contributed by atoms with Crippen molar-refractivity contribution in [3.05, 3.63) is 40.4 Å². The van der Waals surface area contributed by atoms with Crippen molar-refractivity contribution in [3.8, 4) is 0 Å². The zero-order chi connectivity index (χ0) is 15.0. The van der Waals surface area contributed by atoms with Crippen molar-refractivity contribution < 1.29 is 9.90 Å². The van der Waals surface area contributed by atoms with Crippen LogP contribution in [0.4, 0.5) is 0 Å². The molecular formula is C15H17N3O3. The van der Waals surface area contributed by atoms with E-state index in [2.05, 4.69) is 9.97 Å². The Balaban J connectivity index is 1.93. The number of carbonyl (C=O) groups is 1. The Kier molecular flexibility index (Phi) is 3.47. The van der Waals surface area contributed by atoms with Crippen LogP contribution in [0.2, 0.25) is 0 Å². The monoisotopic (exact) mass is 287 g/mol. The standard InChI is InChI=1S/C15H17N3O3/c1-9-6-7-18(8-12(9)19)15(21)13-16-11-5-3-2-4-10(11)14(20)17-13/h2-5,9,12,19H,6-8H2,1H3,(H,16,17,20). The predicted molar refractivity (Wildman–Crippen MR) is 78.1 cm³/mol. The van der Waals surface area contributed by atoms with Gasteiger partial charge in [-0.25, -0.2) is 4.98 Å². The number of hydrogen-bond donors (Lipinski definition) is 2. The molecule has 1 aliphatic rings. The second-order valence-electron chi connectivity index (χ2n) is 5.52. The van der Waals surface area contributed by atoms with Crippen LogP contribution in [0.1, 0.15) is 24.0 Å². The summed E-state index contributed by atoms with van der Waals surface area (Å²) >= 11 is 0. The minimum atomic E-state index is -0.533. The zero-order valence-corrected chi connectivity index (χ0v) is 11.7. The van der Waals surface area contributed by atoms with Crippen LogP contribution >= 0.6 is 0 Å². The molecule has 1 saturated heterocycles. The molecule has 1 aromatic carbocycles. The Hall–Kier alpha value is -2.21. The van der Waals surface area contributed by atoms with Crippen molar-refractivity contribution in [2.24, 2.45) is 5.92 Å². The molecule has 1 amide bonds. The van der Waals surface area contributed by atoms with E-state index in [0.29, 0.717) is 17.4 Å². The number of benzene rings is 1. The minimum absolute atomic E-state index is 0.0282. The fourth-order valence-electron chi connectivity index (χ4n) is 2.57. The molecule has 0 saturated carbocycles. The number of aromatic amines is 1.